The number of amides is 1. The minimum atomic E-state index is -0.0928. The maximum atomic E-state index is 12.2. The molecule has 0 bridgehead atoms. The van der Waals surface area contributed by atoms with Gasteiger partial charge in [-0.1, -0.05) is 19.8 Å². The zero-order valence-corrected chi connectivity index (χ0v) is 14.4. The maximum absolute atomic E-state index is 12.2. The molecule has 23 heavy (non-hydrogen) atoms. The minimum Gasteiger partial charge on any atom is -0.493 e. The molecule has 0 aliphatic heterocycles. The first kappa shape index (κ1) is 17.6. The Bertz CT molecular complexity index is 519. The number of nitrogens with one attached hydrogen (secondary N) is 2. The molecule has 5 nitrogen and oxygen atoms in total. The monoisotopic (exact) mass is 320 g/mol. The normalized spacial score (nSPS) is 20.8. The lowest BCUT2D eigenvalue weighted by Gasteiger charge is -2.27. The van der Waals surface area contributed by atoms with Gasteiger partial charge in [0.05, 0.1) is 14.2 Å². The van der Waals surface area contributed by atoms with Crippen LogP contribution in [0.25, 0.3) is 0 Å². The maximum Gasteiger partial charge on any atom is 0.251 e. The first-order valence-electron chi connectivity index (χ1n) is 8.37. The van der Waals surface area contributed by atoms with E-state index in [0.29, 0.717) is 29.6 Å². The lowest BCUT2D eigenvalue weighted by atomic mass is 9.87. The van der Waals surface area contributed by atoms with Crippen LogP contribution < -0.4 is 20.1 Å². The number of methoxy groups -OCH3 is 2. The third kappa shape index (κ3) is 5.13. The molecule has 2 atom stereocenters. The fraction of sp³-hybridized carbons (Fsp3) is 0.611. The van der Waals surface area contributed by atoms with Crippen LogP contribution >= 0.6 is 0 Å². The Hall–Kier alpha value is -1.75. The van der Waals surface area contributed by atoms with Crippen LogP contribution in [0.2, 0.25) is 0 Å². The van der Waals surface area contributed by atoms with Gasteiger partial charge in [-0.3, -0.25) is 4.79 Å². The summed E-state index contributed by atoms with van der Waals surface area (Å²) in [4.78, 5) is 12.2. The number of hydrogen-bond acceptors (Lipinski definition) is 4. The molecule has 1 aromatic carbocycles. The van der Waals surface area contributed by atoms with Gasteiger partial charge in [-0.05, 0) is 37.0 Å². The zero-order chi connectivity index (χ0) is 16.7. The van der Waals surface area contributed by atoms with Gasteiger partial charge in [0, 0.05) is 24.7 Å². The molecule has 1 fully saturated rings. The van der Waals surface area contributed by atoms with Gasteiger partial charge in [0.2, 0.25) is 0 Å². The van der Waals surface area contributed by atoms with Gasteiger partial charge in [0.15, 0.2) is 11.5 Å². The number of carbonyl (C=O) groups excluding carboxylic acids is 1. The summed E-state index contributed by atoms with van der Waals surface area (Å²) in [5.74, 6) is 1.90. The second-order valence-electron chi connectivity index (χ2n) is 6.25. The van der Waals surface area contributed by atoms with Crippen molar-refractivity contribution in [3.05, 3.63) is 23.8 Å². The number of ether oxygens (including phenoxy) is 2. The van der Waals surface area contributed by atoms with Crippen molar-refractivity contribution in [1.82, 2.24) is 10.6 Å². The third-order valence-corrected chi connectivity index (χ3v) is 4.43. The van der Waals surface area contributed by atoms with Crippen LogP contribution in [0.1, 0.15) is 43.0 Å². The van der Waals surface area contributed by atoms with E-state index in [2.05, 4.69) is 17.6 Å². The topological polar surface area (TPSA) is 59.6 Å². The van der Waals surface area contributed by atoms with Crippen molar-refractivity contribution >= 4 is 5.91 Å². The van der Waals surface area contributed by atoms with Crippen molar-refractivity contribution in [3.8, 4) is 11.5 Å². The molecular weight excluding hydrogens is 292 g/mol. The van der Waals surface area contributed by atoms with Crippen molar-refractivity contribution in [2.75, 3.05) is 27.3 Å². The van der Waals surface area contributed by atoms with Crippen LogP contribution in [0, 0.1) is 5.92 Å². The number of rotatable bonds is 7. The molecule has 0 saturated heterocycles. The van der Waals surface area contributed by atoms with Crippen LogP contribution in [0.15, 0.2) is 18.2 Å². The van der Waals surface area contributed by atoms with E-state index < -0.39 is 0 Å². The Kier molecular flexibility index (Phi) is 6.71. The quantitative estimate of drug-likeness (QED) is 0.758. The van der Waals surface area contributed by atoms with Crippen molar-refractivity contribution < 1.29 is 14.3 Å². The van der Waals surface area contributed by atoms with E-state index >= 15 is 0 Å². The SMILES string of the molecule is COc1ccc(C(=O)NCCNC2CCCC(C)C2)cc1OC. The molecule has 0 radical (unpaired) electrons. The molecule has 2 rings (SSSR count). The van der Waals surface area contributed by atoms with Crippen LogP contribution in [0.4, 0.5) is 0 Å². The molecule has 128 valence electrons. The highest BCUT2D eigenvalue weighted by molar-refractivity contribution is 5.94. The van der Waals surface area contributed by atoms with Crippen LogP contribution in [0.3, 0.4) is 0 Å². The van der Waals surface area contributed by atoms with Gasteiger partial charge in [-0.2, -0.15) is 0 Å². The average Bonchev–Trinajstić information content (AvgIpc) is 2.58. The van der Waals surface area contributed by atoms with E-state index in [4.69, 9.17) is 9.47 Å². The minimum absolute atomic E-state index is 0.0928. The molecular formula is C18H28N2O3. The fourth-order valence-corrected chi connectivity index (χ4v) is 3.15. The first-order chi connectivity index (χ1) is 11.1. The summed E-state index contributed by atoms with van der Waals surface area (Å²) in [5, 5.41) is 6.48. The van der Waals surface area contributed by atoms with Gasteiger partial charge in [-0.25, -0.2) is 0 Å². The standard InChI is InChI=1S/C18H28N2O3/c1-13-5-4-6-15(11-13)19-9-10-20-18(21)14-7-8-16(22-2)17(12-14)23-3/h7-8,12-13,15,19H,4-6,9-11H2,1-3H3,(H,20,21). The Labute approximate surface area is 138 Å². The largest absolute Gasteiger partial charge is 0.493 e. The van der Waals surface area contributed by atoms with Crippen molar-refractivity contribution in [1.29, 1.82) is 0 Å². The van der Waals surface area contributed by atoms with Gasteiger partial charge >= 0.3 is 0 Å². The van der Waals surface area contributed by atoms with Gasteiger partial charge in [0.25, 0.3) is 5.91 Å². The Morgan fingerprint density at radius 2 is 1.96 bits per heavy atom. The lowest BCUT2D eigenvalue weighted by molar-refractivity contribution is 0.0952. The second-order valence-corrected chi connectivity index (χ2v) is 6.25. The van der Waals surface area contributed by atoms with E-state index in [9.17, 15) is 4.79 Å². The van der Waals surface area contributed by atoms with Crippen molar-refractivity contribution in [2.24, 2.45) is 5.92 Å². The summed E-state index contributed by atoms with van der Waals surface area (Å²) in [6.45, 7) is 3.74. The Balaban J connectivity index is 1.76. The predicted octanol–water partition coefficient (Wildman–Crippen LogP) is 2.60. The van der Waals surface area contributed by atoms with Crippen LogP contribution in [0.5, 0.6) is 11.5 Å². The second kappa shape index (κ2) is 8.77. The van der Waals surface area contributed by atoms with Crippen molar-refractivity contribution in [2.45, 2.75) is 38.6 Å². The molecule has 1 aliphatic rings. The summed E-state index contributed by atoms with van der Waals surface area (Å²) < 4.78 is 10.4. The van der Waals surface area contributed by atoms with E-state index in [1.165, 1.54) is 25.7 Å². The molecule has 1 amide bonds. The molecule has 2 unspecified atom stereocenters. The van der Waals surface area contributed by atoms with E-state index in [1.807, 2.05) is 0 Å². The summed E-state index contributed by atoms with van der Waals surface area (Å²) in [5.41, 5.74) is 0.578. The highest BCUT2D eigenvalue weighted by Crippen LogP contribution is 2.27. The molecule has 0 aromatic heterocycles. The predicted molar refractivity (Wildman–Crippen MR) is 91.3 cm³/mol. The Morgan fingerprint density at radius 1 is 1.17 bits per heavy atom. The number of carbonyl (C=O) groups is 1. The molecule has 1 aromatic rings. The fourth-order valence-electron chi connectivity index (χ4n) is 3.15. The van der Waals surface area contributed by atoms with Gasteiger partial charge in [0.1, 0.15) is 0 Å². The van der Waals surface area contributed by atoms with Crippen LogP contribution in [-0.2, 0) is 0 Å². The zero-order valence-electron chi connectivity index (χ0n) is 14.4. The third-order valence-electron chi connectivity index (χ3n) is 4.43. The van der Waals surface area contributed by atoms with Gasteiger partial charge in [-0.15, -0.1) is 0 Å². The highest BCUT2D eigenvalue weighted by atomic mass is 16.5. The van der Waals surface area contributed by atoms with E-state index in [-0.39, 0.29) is 5.91 Å². The highest BCUT2D eigenvalue weighted by Gasteiger charge is 2.18. The summed E-state index contributed by atoms with van der Waals surface area (Å²) in [6.07, 6.45) is 5.13. The Morgan fingerprint density at radius 3 is 2.65 bits per heavy atom. The van der Waals surface area contributed by atoms with E-state index in [0.717, 1.165) is 12.5 Å². The lowest BCUT2D eigenvalue weighted by Crippen LogP contribution is -2.39. The summed E-state index contributed by atoms with van der Waals surface area (Å²) in [7, 11) is 3.14. The smallest absolute Gasteiger partial charge is 0.251 e. The molecule has 1 saturated carbocycles. The summed E-state index contributed by atoms with van der Waals surface area (Å²) in [6, 6.07) is 5.78. The molecule has 2 N–H and O–H groups in total. The van der Waals surface area contributed by atoms with Crippen molar-refractivity contribution in [3.63, 3.8) is 0 Å². The van der Waals surface area contributed by atoms with Gasteiger partial charge < -0.3 is 20.1 Å². The molecule has 0 heterocycles. The average molecular weight is 320 g/mol. The number of benzene rings is 1. The van der Waals surface area contributed by atoms with E-state index in [1.54, 1.807) is 32.4 Å². The number of hydrogen-bond donors (Lipinski definition) is 2. The first-order valence-corrected chi connectivity index (χ1v) is 8.37. The molecule has 0 spiro atoms. The summed E-state index contributed by atoms with van der Waals surface area (Å²) >= 11 is 0. The van der Waals surface area contributed by atoms with Crippen LogP contribution in [-0.4, -0.2) is 39.3 Å². The molecule has 1 aliphatic carbocycles. The molecule has 5 heteroatoms.